The Morgan fingerprint density at radius 3 is 2.91 bits per heavy atom. The lowest BCUT2D eigenvalue weighted by molar-refractivity contribution is -0.122. The monoisotopic (exact) mass is 335 g/mol. The number of hydrogen-bond acceptors (Lipinski definition) is 3. The van der Waals surface area contributed by atoms with Gasteiger partial charge in [-0.2, -0.15) is 0 Å². The summed E-state index contributed by atoms with van der Waals surface area (Å²) < 4.78 is 1.31. The van der Waals surface area contributed by atoms with Crippen molar-refractivity contribution in [3.8, 4) is 0 Å². The number of hydrogen-bond donors (Lipinski definition) is 1. The fourth-order valence-corrected chi connectivity index (χ4v) is 2.66. The zero-order chi connectivity index (χ0) is 16.8. The van der Waals surface area contributed by atoms with Gasteiger partial charge in [0.05, 0.1) is 17.2 Å². The molecule has 0 radical (unpaired) electrons. The lowest BCUT2D eigenvalue weighted by Gasteiger charge is -2.14. The van der Waals surface area contributed by atoms with Gasteiger partial charge in [0.25, 0.3) is 5.56 Å². The van der Waals surface area contributed by atoms with Crippen molar-refractivity contribution in [2.75, 3.05) is 0 Å². The molecule has 0 fully saturated rings. The fourth-order valence-electron chi connectivity index (χ4n) is 2.49. The maximum absolute atomic E-state index is 12.4. The summed E-state index contributed by atoms with van der Waals surface area (Å²) in [6.07, 6.45) is 5.75. The second-order valence-electron chi connectivity index (χ2n) is 5.80. The number of amides is 1. The van der Waals surface area contributed by atoms with Crippen molar-refractivity contribution < 1.29 is 4.79 Å². The summed E-state index contributed by atoms with van der Waals surface area (Å²) in [6, 6.07) is 5.06. The molecule has 124 valence electrons. The van der Waals surface area contributed by atoms with Crippen LogP contribution in [0.15, 0.2) is 29.3 Å². The molecule has 0 aliphatic rings. The zero-order valence-electron chi connectivity index (χ0n) is 13.5. The number of halogens is 1. The summed E-state index contributed by atoms with van der Waals surface area (Å²) in [4.78, 5) is 28.7. The maximum atomic E-state index is 12.4. The first-order chi connectivity index (χ1) is 11.0. The number of unbranched alkanes of at least 4 members (excludes halogenated alkanes) is 2. The molecule has 0 spiro atoms. The highest BCUT2D eigenvalue weighted by Crippen LogP contribution is 2.14. The Labute approximate surface area is 140 Å². The smallest absolute Gasteiger partial charge is 0.261 e. The van der Waals surface area contributed by atoms with Crippen molar-refractivity contribution in [3.63, 3.8) is 0 Å². The van der Waals surface area contributed by atoms with Gasteiger partial charge in [0.1, 0.15) is 6.54 Å². The molecule has 2 aromatic rings. The fraction of sp³-hybridized carbons (Fsp3) is 0.471. The van der Waals surface area contributed by atoms with E-state index in [0.29, 0.717) is 15.9 Å². The quantitative estimate of drug-likeness (QED) is 0.791. The molecule has 5 nitrogen and oxygen atoms in total. The lowest BCUT2D eigenvalue weighted by Crippen LogP contribution is -2.37. The van der Waals surface area contributed by atoms with Crippen LogP contribution in [0.25, 0.3) is 10.9 Å². The molecule has 1 amide bonds. The molecule has 1 atom stereocenters. The third kappa shape index (κ3) is 4.79. The first-order valence-corrected chi connectivity index (χ1v) is 8.33. The highest BCUT2D eigenvalue weighted by atomic mass is 35.5. The van der Waals surface area contributed by atoms with Crippen LogP contribution in [0.5, 0.6) is 0 Å². The van der Waals surface area contributed by atoms with Crippen LogP contribution in [-0.4, -0.2) is 21.5 Å². The molecule has 0 aliphatic heterocycles. The molecule has 6 heteroatoms. The van der Waals surface area contributed by atoms with Crippen molar-refractivity contribution in [3.05, 3.63) is 39.9 Å². The van der Waals surface area contributed by atoms with Crippen LogP contribution in [-0.2, 0) is 11.3 Å². The number of fused-ring (bicyclic) bond motifs is 1. The summed E-state index contributed by atoms with van der Waals surface area (Å²) in [5.74, 6) is -0.181. The van der Waals surface area contributed by atoms with Crippen LogP contribution in [0.1, 0.15) is 39.5 Å². The Kier molecular flexibility index (Phi) is 6.16. The normalized spacial score (nSPS) is 12.3. The Bertz CT molecular complexity index is 742. The van der Waals surface area contributed by atoms with Gasteiger partial charge in [0.15, 0.2) is 0 Å². The van der Waals surface area contributed by atoms with Gasteiger partial charge >= 0.3 is 0 Å². The summed E-state index contributed by atoms with van der Waals surface area (Å²) in [5, 5.41) is 3.82. The third-order valence-corrected chi connectivity index (χ3v) is 3.98. The van der Waals surface area contributed by atoms with Crippen molar-refractivity contribution >= 4 is 28.4 Å². The summed E-state index contributed by atoms with van der Waals surface area (Å²) in [5.41, 5.74) is 0.315. The second kappa shape index (κ2) is 8.11. The van der Waals surface area contributed by atoms with Crippen LogP contribution >= 0.6 is 11.6 Å². The Morgan fingerprint density at radius 2 is 2.17 bits per heavy atom. The van der Waals surface area contributed by atoms with Gasteiger partial charge in [-0.1, -0.05) is 37.8 Å². The van der Waals surface area contributed by atoms with E-state index in [9.17, 15) is 9.59 Å². The van der Waals surface area contributed by atoms with E-state index < -0.39 is 0 Å². The summed E-state index contributed by atoms with van der Waals surface area (Å²) in [6.45, 7) is 4.09. The minimum atomic E-state index is -0.258. The average molecular weight is 336 g/mol. The number of rotatable bonds is 7. The SMILES string of the molecule is CCCCC[C@H](C)NC(=O)Cn1cnc2ccc(Cl)cc2c1=O. The lowest BCUT2D eigenvalue weighted by atomic mass is 10.1. The molecule has 1 aromatic heterocycles. The predicted molar refractivity (Wildman–Crippen MR) is 92.8 cm³/mol. The van der Waals surface area contributed by atoms with Crippen LogP contribution in [0.3, 0.4) is 0 Å². The topological polar surface area (TPSA) is 64.0 Å². The van der Waals surface area contributed by atoms with Crippen molar-refractivity contribution in [2.24, 2.45) is 0 Å². The molecule has 23 heavy (non-hydrogen) atoms. The zero-order valence-corrected chi connectivity index (χ0v) is 14.3. The standard InChI is InChI=1S/C17H22ClN3O2/c1-3-4-5-6-12(2)20-16(22)10-21-11-19-15-8-7-13(18)9-14(15)17(21)23/h7-9,11-12H,3-6,10H2,1-2H3,(H,20,22)/t12-/m0/s1. The van der Waals surface area contributed by atoms with Crippen LogP contribution in [0, 0.1) is 0 Å². The Hall–Kier alpha value is -1.88. The van der Waals surface area contributed by atoms with Crippen LogP contribution < -0.4 is 10.9 Å². The molecule has 2 rings (SSSR count). The molecule has 1 aromatic carbocycles. The number of carbonyl (C=O) groups is 1. The molecule has 0 bridgehead atoms. The first-order valence-electron chi connectivity index (χ1n) is 7.95. The summed E-state index contributed by atoms with van der Waals surface area (Å²) >= 11 is 5.92. The minimum Gasteiger partial charge on any atom is -0.352 e. The Balaban J connectivity index is 2.05. The highest BCUT2D eigenvalue weighted by Gasteiger charge is 2.11. The van der Waals surface area contributed by atoms with E-state index in [1.165, 1.54) is 10.9 Å². The molecular formula is C17H22ClN3O2. The van der Waals surface area contributed by atoms with Gasteiger partial charge in [-0.15, -0.1) is 0 Å². The van der Waals surface area contributed by atoms with E-state index in [4.69, 9.17) is 11.6 Å². The number of carbonyl (C=O) groups excluding carboxylic acids is 1. The van der Waals surface area contributed by atoms with E-state index in [1.54, 1.807) is 18.2 Å². The van der Waals surface area contributed by atoms with Gasteiger partial charge in [-0.05, 0) is 31.5 Å². The molecule has 1 N–H and O–H groups in total. The maximum Gasteiger partial charge on any atom is 0.261 e. The third-order valence-electron chi connectivity index (χ3n) is 3.75. The minimum absolute atomic E-state index is 0.0353. The van der Waals surface area contributed by atoms with E-state index >= 15 is 0 Å². The van der Waals surface area contributed by atoms with E-state index in [-0.39, 0.29) is 24.1 Å². The predicted octanol–water partition coefficient (Wildman–Crippen LogP) is 3.13. The number of nitrogens with one attached hydrogen (secondary N) is 1. The van der Waals surface area contributed by atoms with Gasteiger partial charge in [0, 0.05) is 11.1 Å². The first kappa shape index (κ1) is 17.5. The molecule has 0 aliphatic carbocycles. The van der Waals surface area contributed by atoms with Crippen LogP contribution in [0.4, 0.5) is 0 Å². The number of aromatic nitrogens is 2. The van der Waals surface area contributed by atoms with Gasteiger partial charge in [0.2, 0.25) is 5.91 Å². The van der Waals surface area contributed by atoms with Gasteiger partial charge in [-0.25, -0.2) is 4.98 Å². The van der Waals surface area contributed by atoms with Gasteiger partial charge in [-0.3, -0.25) is 14.2 Å². The largest absolute Gasteiger partial charge is 0.352 e. The van der Waals surface area contributed by atoms with Crippen molar-refractivity contribution in [1.29, 1.82) is 0 Å². The van der Waals surface area contributed by atoms with E-state index in [1.807, 2.05) is 6.92 Å². The van der Waals surface area contributed by atoms with Crippen LogP contribution in [0.2, 0.25) is 5.02 Å². The van der Waals surface area contributed by atoms with Crippen molar-refractivity contribution in [2.45, 2.75) is 52.1 Å². The Morgan fingerprint density at radius 1 is 1.39 bits per heavy atom. The molecular weight excluding hydrogens is 314 g/mol. The molecule has 0 saturated heterocycles. The van der Waals surface area contributed by atoms with Crippen molar-refractivity contribution in [1.82, 2.24) is 14.9 Å². The molecule has 1 heterocycles. The number of nitrogens with zero attached hydrogens (tertiary/aromatic N) is 2. The number of benzene rings is 1. The molecule has 0 unspecified atom stereocenters. The van der Waals surface area contributed by atoms with Gasteiger partial charge < -0.3 is 5.32 Å². The second-order valence-corrected chi connectivity index (χ2v) is 6.24. The molecule has 0 saturated carbocycles. The van der Waals surface area contributed by atoms with E-state index in [2.05, 4.69) is 17.2 Å². The van der Waals surface area contributed by atoms with E-state index in [0.717, 1.165) is 25.7 Å². The average Bonchev–Trinajstić information content (AvgIpc) is 2.51. The summed E-state index contributed by atoms with van der Waals surface area (Å²) in [7, 11) is 0. The highest BCUT2D eigenvalue weighted by molar-refractivity contribution is 6.31.